The lowest BCUT2D eigenvalue weighted by molar-refractivity contribution is 0.328. The van der Waals surface area contributed by atoms with Crippen LogP contribution in [-0.4, -0.2) is 6.61 Å². The average Bonchev–Trinajstić information content (AvgIpc) is 2.28. The highest BCUT2D eigenvalue weighted by Gasteiger charge is 2.16. The largest absolute Gasteiger partial charge is 0.494 e. The molecule has 0 aromatic heterocycles. The van der Waals surface area contributed by atoms with E-state index in [4.69, 9.17) is 10.5 Å². The number of hydrogen-bond acceptors (Lipinski definition) is 2. The molecular formula is C13H21NO. The van der Waals surface area contributed by atoms with Gasteiger partial charge in [0.1, 0.15) is 5.75 Å². The molecule has 1 aromatic carbocycles. The van der Waals surface area contributed by atoms with Crippen LogP contribution in [0.15, 0.2) is 24.3 Å². The lowest BCUT2D eigenvalue weighted by Crippen LogP contribution is -2.19. The van der Waals surface area contributed by atoms with Crippen LogP contribution >= 0.6 is 0 Å². The Kier molecular flexibility index (Phi) is 4.63. The van der Waals surface area contributed by atoms with E-state index in [1.54, 1.807) is 0 Å². The van der Waals surface area contributed by atoms with E-state index in [0.29, 0.717) is 12.5 Å². The van der Waals surface area contributed by atoms with Gasteiger partial charge in [-0.3, -0.25) is 0 Å². The van der Waals surface area contributed by atoms with Gasteiger partial charge in [0.15, 0.2) is 0 Å². The molecule has 0 spiro atoms. The van der Waals surface area contributed by atoms with Crippen molar-refractivity contribution >= 4 is 0 Å². The van der Waals surface area contributed by atoms with Crippen molar-refractivity contribution in [3.05, 3.63) is 29.8 Å². The maximum atomic E-state index is 6.20. The van der Waals surface area contributed by atoms with E-state index in [-0.39, 0.29) is 6.04 Å². The number of ether oxygens (including phenoxy) is 1. The molecule has 0 amide bonds. The van der Waals surface area contributed by atoms with E-state index in [1.807, 2.05) is 25.1 Å². The van der Waals surface area contributed by atoms with Gasteiger partial charge in [-0.1, -0.05) is 38.5 Å². The Morgan fingerprint density at radius 2 is 1.93 bits per heavy atom. The molecule has 0 saturated heterocycles. The van der Waals surface area contributed by atoms with Gasteiger partial charge >= 0.3 is 0 Å². The molecule has 0 radical (unpaired) electrons. The molecule has 0 heterocycles. The molecule has 84 valence electrons. The van der Waals surface area contributed by atoms with Gasteiger partial charge in [-0.2, -0.15) is 0 Å². The Hall–Kier alpha value is -1.02. The predicted octanol–water partition coefficient (Wildman–Crippen LogP) is 3.13. The fourth-order valence-corrected chi connectivity index (χ4v) is 1.60. The molecule has 2 nitrogen and oxygen atoms in total. The third-order valence-corrected chi connectivity index (χ3v) is 2.83. The predicted molar refractivity (Wildman–Crippen MR) is 64.0 cm³/mol. The molecule has 1 rings (SSSR count). The minimum Gasteiger partial charge on any atom is -0.494 e. The van der Waals surface area contributed by atoms with E-state index in [1.165, 1.54) is 0 Å². The molecule has 1 aromatic rings. The van der Waals surface area contributed by atoms with Crippen LogP contribution in [0.5, 0.6) is 5.75 Å². The summed E-state index contributed by atoms with van der Waals surface area (Å²) in [5.74, 6) is 1.40. The van der Waals surface area contributed by atoms with Crippen LogP contribution in [0.3, 0.4) is 0 Å². The Balaban J connectivity index is 2.91. The van der Waals surface area contributed by atoms with Crippen molar-refractivity contribution in [1.29, 1.82) is 0 Å². The molecule has 2 atom stereocenters. The second-order valence-corrected chi connectivity index (χ2v) is 3.88. The van der Waals surface area contributed by atoms with E-state index in [2.05, 4.69) is 19.9 Å². The van der Waals surface area contributed by atoms with Crippen molar-refractivity contribution < 1.29 is 4.74 Å². The third-order valence-electron chi connectivity index (χ3n) is 2.83. The quantitative estimate of drug-likeness (QED) is 0.805. The van der Waals surface area contributed by atoms with Crippen LogP contribution in [0, 0.1) is 5.92 Å². The van der Waals surface area contributed by atoms with E-state index in [9.17, 15) is 0 Å². The van der Waals surface area contributed by atoms with Crippen molar-refractivity contribution in [1.82, 2.24) is 0 Å². The van der Waals surface area contributed by atoms with Gasteiger partial charge < -0.3 is 10.5 Å². The van der Waals surface area contributed by atoms with Crippen molar-refractivity contribution in [2.45, 2.75) is 33.2 Å². The molecule has 0 saturated carbocycles. The first kappa shape index (κ1) is 12.1. The van der Waals surface area contributed by atoms with Crippen LogP contribution < -0.4 is 10.5 Å². The highest BCUT2D eigenvalue weighted by molar-refractivity contribution is 5.36. The zero-order valence-electron chi connectivity index (χ0n) is 9.86. The number of nitrogens with two attached hydrogens (primary N) is 1. The Morgan fingerprint density at radius 3 is 2.53 bits per heavy atom. The number of benzene rings is 1. The van der Waals surface area contributed by atoms with Gasteiger partial charge in [-0.05, 0) is 18.9 Å². The van der Waals surface area contributed by atoms with Gasteiger partial charge in [0.25, 0.3) is 0 Å². The summed E-state index contributed by atoms with van der Waals surface area (Å²) in [5, 5.41) is 0. The minimum atomic E-state index is 0.0674. The van der Waals surface area contributed by atoms with Crippen molar-refractivity contribution in [3.8, 4) is 5.75 Å². The van der Waals surface area contributed by atoms with Gasteiger partial charge in [0.05, 0.1) is 6.61 Å². The summed E-state index contributed by atoms with van der Waals surface area (Å²) in [6.45, 7) is 7.01. The summed E-state index contributed by atoms with van der Waals surface area (Å²) in [4.78, 5) is 0. The molecule has 0 aliphatic rings. The second kappa shape index (κ2) is 5.76. The van der Waals surface area contributed by atoms with Crippen molar-refractivity contribution in [2.75, 3.05) is 6.61 Å². The molecule has 0 aliphatic heterocycles. The fourth-order valence-electron chi connectivity index (χ4n) is 1.60. The molecule has 0 aliphatic carbocycles. The number of rotatable bonds is 5. The Morgan fingerprint density at radius 1 is 1.27 bits per heavy atom. The SMILES string of the molecule is CCOc1ccccc1C(N)C(C)CC. The fraction of sp³-hybridized carbons (Fsp3) is 0.538. The highest BCUT2D eigenvalue weighted by Crippen LogP contribution is 2.29. The summed E-state index contributed by atoms with van der Waals surface area (Å²) in [6, 6.07) is 8.11. The highest BCUT2D eigenvalue weighted by atomic mass is 16.5. The topological polar surface area (TPSA) is 35.2 Å². The van der Waals surface area contributed by atoms with E-state index in [0.717, 1.165) is 17.7 Å². The van der Waals surface area contributed by atoms with E-state index >= 15 is 0 Å². The van der Waals surface area contributed by atoms with Crippen LogP contribution in [-0.2, 0) is 0 Å². The molecule has 0 bridgehead atoms. The third kappa shape index (κ3) is 2.96. The first-order valence-electron chi connectivity index (χ1n) is 5.68. The molecule has 2 heteroatoms. The summed E-state index contributed by atoms with van der Waals surface area (Å²) in [7, 11) is 0. The Bertz CT molecular complexity index is 298. The van der Waals surface area contributed by atoms with Crippen molar-refractivity contribution in [3.63, 3.8) is 0 Å². The standard InChI is InChI=1S/C13H21NO/c1-4-10(3)13(14)11-8-6-7-9-12(11)15-5-2/h6-10,13H,4-5,14H2,1-3H3. The molecule has 2 N–H and O–H groups in total. The molecule has 0 fully saturated rings. The second-order valence-electron chi connectivity index (χ2n) is 3.88. The van der Waals surface area contributed by atoms with Crippen LogP contribution in [0.25, 0.3) is 0 Å². The number of hydrogen-bond donors (Lipinski definition) is 1. The monoisotopic (exact) mass is 207 g/mol. The van der Waals surface area contributed by atoms with Crippen LogP contribution in [0.4, 0.5) is 0 Å². The summed E-state index contributed by atoms with van der Waals surface area (Å²) in [6.07, 6.45) is 1.08. The summed E-state index contributed by atoms with van der Waals surface area (Å²) >= 11 is 0. The summed E-state index contributed by atoms with van der Waals surface area (Å²) < 4.78 is 5.57. The lowest BCUT2D eigenvalue weighted by Gasteiger charge is -2.21. The van der Waals surface area contributed by atoms with Gasteiger partial charge in [-0.25, -0.2) is 0 Å². The first-order valence-corrected chi connectivity index (χ1v) is 5.68. The normalized spacial score (nSPS) is 14.7. The van der Waals surface area contributed by atoms with Gasteiger partial charge in [0.2, 0.25) is 0 Å². The zero-order valence-corrected chi connectivity index (χ0v) is 9.86. The molecule has 15 heavy (non-hydrogen) atoms. The average molecular weight is 207 g/mol. The van der Waals surface area contributed by atoms with Crippen molar-refractivity contribution in [2.24, 2.45) is 11.7 Å². The Labute approximate surface area is 92.4 Å². The zero-order chi connectivity index (χ0) is 11.3. The first-order chi connectivity index (χ1) is 7.20. The lowest BCUT2D eigenvalue weighted by atomic mass is 9.93. The molecule has 2 unspecified atom stereocenters. The van der Waals surface area contributed by atoms with Crippen LogP contribution in [0.1, 0.15) is 38.8 Å². The minimum absolute atomic E-state index is 0.0674. The number of para-hydroxylation sites is 1. The summed E-state index contributed by atoms with van der Waals surface area (Å²) in [5.41, 5.74) is 7.32. The maximum absolute atomic E-state index is 6.20. The molecular weight excluding hydrogens is 186 g/mol. The maximum Gasteiger partial charge on any atom is 0.124 e. The van der Waals surface area contributed by atoms with Gasteiger partial charge in [0, 0.05) is 11.6 Å². The van der Waals surface area contributed by atoms with Crippen LogP contribution in [0.2, 0.25) is 0 Å². The smallest absolute Gasteiger partial charge is 0.124 e. The van der Waals surface area contributed by atoms with Gasteiger partial charge in [-0.15, -0.1) is 0 Å². The van der Waals surface area contributed by atoms with E-state index < -0.39 is 0 Å².